The first kappa shape index (κ1) is 16.2. The first-order valence-corrected chi connectivity index (χ1v) is 7.82. The third-order valence-electron chi connectivity index (χ3n) is 4.70. The van der Waals surface area contributed by atoms with Crippen molar-refractivity contribution >= 4 is 0 Å². The van der Waals surface area contributed by atoms with Crippen LogP contribution in [0, 0.1) is 17.2 Å². The third-order valence-corrected chi connectivity index (χ3v) is 4.70. The monoisotopic (exact) mass is 294 g/mol. The van der Waals surface area contributed by atoms with Crippen LogP contribution < -0.4 is 16.0 Å². The first-order chi connectivity index (χ1) is 10.0. The van der Waals surface area contributed by atoms with Crippen LogP contribution in [0.1, 0.15) is 57.6 Å². The number of rotatable bonds is 6. The summed E-state index contributed by atoms with van der Waals surface area (Å²) in [5.74, 6) is 6.41. The second-order valence-electron chi connectivity index (χ2n) is 6.66. The Balaban J connectivity index is 2.34. The maximum absolute atomic E-state index is 14.0. The van der Waals surface area contributed by atoms with Gasteiger partial charge in [0.1, 0.15) is 0 Å². The van der Waals surface area contributed by atoms with Crippen LogP contribution in [0.3, 0.4) is 0 Å². The topological polar surface area (TPSA) is 47.3 Å². The Morgan fingerprint density at radius 2 is 2.00 bits per heavy atom. The highest BCUT2D eigenvalue weighted by Gasteiger charge is 2.42. The molecule has 1 unspecified atom stereocenters. The lowest BCUT2D eigenvalue weighted by atomic mass is 9.70. The summed E-state index contributed by atoms with van der Waals surface area (Å²) >= 11 is 0. The van der Waals surface area contributed by atoms with Crippen molar-refractivity contribution in [3.8, 4) is 5.75 Å². The molecular weight excluding hydrogens is 267 g/mol. The molecule has 3 N–H and O–H groups in total. The van der Waals surface area contributed by atoms with E-state index in [1.165, 1.54) is 20.0 Å². The molecule has 0 bridgehead atoms. The van der Waals surface area contributed by atoms with Crippen molar-refractivity contribution in [3.63, 3.8) is 0 Å². The molecule has 3 nitrogen and oxygen atoms in total. The number of nitrogens with one attached hydrogen (secondary N) is 1. The maximum Gasteiger partial charge on any atom is 0.165 e. The summed E-state index contributed by atoms with van der Waals surface area (Å²) in [7, 11) is 1.48. The average Bonchev–Trinajstić information content (AvgIpc) is 2.88. The van der Waals surface area contributed by atoms with Crippen molar-refractivity contribution in [2.75, 3.05) is 7.11 Å². The number of methoxy groups -OCH3 is 1. The highest BCUT2D eigenvalue weighted by molar-refractivity contribution is 5.32. The minimum atomic E-state index is -0.326. The zero-order valence-electron chi connectivity index (χ0n) is 13.3. The fraction of sp³-hybridized carbons (Fsp3) is 0.647. The van der Waals surface area contributed by atoms with Gasteiger partial charge in [0.2, 0.25) is 0 Å². The zero-order valence-corrected chi connectivity index (χ0v) is 13.3. The van der Waals surface area contributed by atoms with Gasteiger partial charge in [-0.2, -0.15) is 0 Å². The van der Waals surface area contributed by atoms with E-state index in [4.69, 9.17) is 10.6 Å². The molecule has 0 aliphatic heterocycles. The van der Waals surface area contributed by atoms with Gasteiger partial charge in [0.05, 0.1) is 13.2 Å². The lowest BCUT2D eigenvalue weighted by molar-refractivity contribution is 0.155. The molecule has 0 heterocycles. The molecule has 21 heavy (non-hydrogen) atoms. The second kappa shape index (κ2) is 6.75. The van der Waals surface area contributed by atoms with Crippen LogP contribution in [-0.4, -0.2) is 7.11 Å². The molecule has 2 rings (SSSR count). The molecule has 0 radical (unpaired) electrons. The quantitative estimate of drug-likeness (QED) is 0.617. The third kappa shape index (κ3) is 3.38. The van der Waals surface area contributed by atoms with Crippen LogP contribution in [0.5, 0.6) is 5.75 Å². The number of hydrazine groups is 1. The van der Waals surface area contributed by atoms with E-state index in [1.807, 2.05) is 6.07 Å². The molecule has 0 spiro atoms. The number of hydrogen-bond donors (Lipinski definition) is 2. The molecular formula is C17H27FN2O. The van der Waals surface area contributed by atoms with Crippen LogP contribution in [0.4, 0.5) is 4.39 Å². The molecule has 0 amide bonds. The predicted octanol–water partition coefficient (Wildman–Crippen LogP) is 3.95. The number of hydrogen-bond acceptors (Lipinski definition) is 3. The Morgan fingerprint density at radius 1 is 1.33 bits per heavy atom. The summed E-state index contributed by atoms with van der Waals surface area (Å²) in [4.78, 5) is 0. The van der Waals surface area contributed by atoms with Gasteiger partial charge >= 0.3 is 0 Å². The van der Waals surface area contributed by atoms with Gasteiger partial charge < -0.3 is 4.74 Å². The Bertz CT molecular complexity index is 470. The SMILES string of the molecule is COc1ccc(C(NN)C2(CC(C)C)CCCC2)cc1F. The lowest BCUT2D eigenvalue weighted by Crippen LogP contribution is -2.41. The van der Waals surface area contributed by atoms with Gasteiger partial charge in [-0.05, 0) is 48.3 Å². The summed E-state index contributed by atoms with van der Waals surface area (Å²) in [6.45, 7) is 4.48. The van der Waals surface area contributed by atoms with Crippen molar-refractivity contribution in [2.24, 2.45) is 17.2 Å². The van der Waals surface area contributed by atoms with E-state index in [1.54, 1.807) is 12.1 Å². The van der Waals surface area contributed by atoms with E-state index in [9.17, 15) is 4.39 Å². The summed E-state index contributed by atoms with van der Waals surface area (Å²) in [5, 5.41) is 0. The highest BCUT2D eigenvalue weighted by atomic mass is 19.1. The molecule has 1 aliphatic carbocycles. The van der Waals surface area contributed by atoms with Crippen molar-refractivity contribution in [3.05, 3.63) is 29.6 Å². The van der Waals surface area contributed by atoms with E-state index in [0.29, 0.717) is 5.92 Å². The molecule has 0 saturated heterocycles. The first-order valence-electron chi connectivity index (χ1n) is 7.82. The molecule has 4 heteroatoms. The molecule has 1 fully saturated rings. The van der Waals surface area contributed by atoms with Crippen molar-refractivity contribution in [1.82, 2.24) is 5.43 Å². The fourth-order valence-corrected chi connectivity index (χ4v) is 3.99. The second-order valence-corrected chi connectivity index (χ2v) is 6.66. The summed E-state index contributed by atoms with van der Waals surface area (Å²) in [6, 6.07) is 5.16. The van der Waals surface area contributed by atoms with E-state index in [2.05, 4.69) is 19.3 Å². The summed E-state index contributed by atoms with van der Waals surface area (Å²) in [6.07, 6.45) is 5.85. The van der Waals surface area contributed by atoms with Crippen molar-refractivity contribution in [1.29, 1.82) is 0 Å². The van der Waals surface area contributed by atoms with Gasteiger partial charge in [0.25, 0.3) is 0 Å². The molecule has 1 aliphatic rings. The van der Waals surface area contributed by atoms with Crippen molar-refractivity contribution < 1.29 is 9.13 Å². The Kier molecular flexibility index (Phi) is 5.22. The van der Waals surface area contributed by atoms with Crippen LogP contribution in [0.25, 0.3) is 0 Å². The van der Waals surface area contributed by atoms with Gasteiger partial charge in [0.15, 0.2) is 11.6 Å². The van der Waals surface area contributed by atoms with Gasteiger partial charge in [0, 0.05) is 0 Å². The van der Waals surface area contributed by atoms with E-state index >= 15 is 0 Å². The van der Waals surface area contributed by atoms with E-state index in [0.717, 1.165) is 24.8 Å². The Hall–Kier alpha value is -1.13. The van der Waals surface area contributed by atoms with E-state index in [-0.39, 0.29) is 23.0 Å². The Morgan fingerprint density at radius 3 is 2.48 bits per heavy atom. The van der Waals surface area contributed by atoms with Crippen LogP contribution in [0.2, 0.25) is 0 Å². The minimum Gasteiger partial charge on any atom is -0.494 e. The van der Waals surface area contributed by atoms with Crippen LogP contribution in [-0.2, 0) is 0 Å². The predicted molar refractivity (Wildman–Crippen MR) is 83.4 cm³/mol. The van der Waals surface area contributed by atoms with Gasteiger partial charge in [-0.3, -0.25) is 11.3 Å². The zero-order chi connectivity index (χ0) is 15.5. The molecule has 1 atom stereocenters. The standard InChI is InChI=1S/C17H27FN2O/c1-12(2)11-17(8-4-5-9-17)16(20-19)13-6-7-15(21-3)14(18)10-13/h6-7,10,12,16,20H,4-5,8-9,11,19H2,1-3H3. The normalized spacial score (nSPS) is 19.0. The number of ether oxygens (including phenoxy) is 1. The number of nitrogens with two attached hydrogens (primary N) is 1. The molecule has 1 aromatic carbocycles. The van der Waals surface area contributed by atoms with Gasteiger partial charge in [-0.25, -0.2) is 4.39 Å². The number of benzene rings is 1. The van der Waals surface area contributed by atoms with Gasteiger partial charge in [-0.1, -0.05) is 32.8 Å². The van der Waals surface area contributed by atoms with Crippen LogP contribution >= 0.6 is 0 Å². The summed E-state index contributed by atoms with van der Waals surface area (Å²) < 4.78 is 19.0. The molecule has 118 valence electrons. The summed E-state index contributed by atoms with van der Waals surface area (Å²) in [5.41, 5.74) is 4.01. The minimum absolute atomic E-state index is 0.0113. The molecule has 0 aromatic heterocycles. The fourth-order valence-electron chi connectivity index (χ4n) is 3.99. The largest absolute Gasteiger partial charge is 0.494 e. The smallest absolute Gasteiger partial charge is 0.165 e. The lowest BCUT2D eigenvalue weighted by Gasteiger charge is -2.39. The Labute approximate surface area is 127 Å². The number of halogens is 1. The molecule has 1 saturated carbocycles. The van der Waals surface area contributed by atoms with E-state index < -0.39 is 0 Å². The maximum atomic E-state index is 14.0. The average molecular weight is 294 g/mol. The van der Waals surface area contributed by atoms with Gasteiger partial charge in [-0.15, -0.1) is 0 Å². The molecule has 1 aromatic rings. The van der Waals surface area contributed by atoms with Crippen molar-refractivity contribution in [2.45, 2.75) is 52.0 Å². The highest BCUT2D eigenvalue weighted by Crippen LogP contribution is 2.51. The van der Waals surface area contributed by atoms with Crippen LogP contribution in [0.15, 0.2) is 18.2 Å².